The van der Waals surface area contributed by atoms with Crippen molar-refractivity contribution in [2.75, 3.05) is 13.2 Å². The predicted octanol–water partition coefficient (Wildman–Crippen LogP) is 0.278. The lowest BCUT2D eigenvalue weighted by molar-refractivity contribution is -0.307. The summed E-state index contributed by atoms with van der Waals surface area (Å²) in [5.41, 5.74) is 3.67. The van der Waals surface area contributed by atoms with E-state index < -0.39 is 24.4 Å². The predicted molar refractivity (Wildman–Crippen MR) is 101 cm³/mol. The standard InChI is InChI=1S/C19H18ClN3O5/c20-15-10-14(6-7-16(15)28-12-17(24)25)11-22-23-19(27)18(26)21-9-8-13-4-2-1-3-5-13/h1-7,10-11H,8-9,12H2,(H,21,26)(H,23,27)(H,24,25)/p-1/b22-11-. The second-order valence-electron chi connectivity index (χ2n) is 5.54. The van der Waals surface area contributed by atoms with Crippen LogP contribution in [0.15, 0.2) is 53.6 Å². The van der Waals surface area contributed by atoms with Crippen molar-refractivity contribution in [3.8, 4) is 5.75 Å². The van der Waals surface area contributed by atoms with E-state index in [9.17, 15) is 19.5 Å². The van der Waals surface area contributed by atoms with Crippen molar-refractivity contribution >= 4 is 35.6 Å². The summed E-state index contributed by atoms with van der Waals surface area (Å²) in [4.78, 5) is 33.8. The van der Waals surface area contributed by atoms with Crippen molar-refractivity contribution in [2.45, 2.75) is 6.42 Å². The number of halogens is 1. The zero-order valence-corrected chi connectivity index (χ0v) is 15.4. The zero-order chi connectivity index (χ0) is 20.4. The lowest BCUT2D eigenvalue weighted by atomic mass is 10.1. The zero-order valence-electron chi connectivity index (χ0n) is 14.7. The summed E-state index contributed by atoms with van der Waals surface area (Å²) in [6, 6.07) is 14.0. The van der Waals surface area contributed by atoms with Gasteiger partial charge in [-0.3, -0.25) is 9.59 Å². The largest absolute Gasteiger partial charge is 0.546 e. The summed E-state index contributed by atoms with van der Waals surface area (Å²) in [7, 11) is 0. The first kappa shape index (κ1) is 20.9. The average molecular weight is 403 g/mol. The number of carbonyl (C=O) groups is 3. The number of hydrogen-bond donors (Lipinski definition) is 2. The lowest BCUT2D eigenvalue weighted by Crippen LogP contribution is -2.38. The summed E-state index contributed by atoms with van der Waals surface area (Å²) in [5, 5.41) is 16.7. The van der Waals surface area contributed by atoms with E-state index in [0.29, 0.717) is 18.5 Å². The molecule has 0 aliphatic heterocycles. The van der Waals surface area contributed by atoms with Crippen LogP contribution in [0.25, 0.3) is 0 Å². The average Bonchev–Trinajstić information content (AvgIpc) is 2.67. The Labute approximate surface area is 166 Å². The first-order valence-electron chi connectivity index (χ1n) is 8.23. The number of nitrogens with zero attached hydrogens (tertiary/aromatic N) is 1. The molecule has 0 spiro atoms. The lowest BCUT2D eigenvalue weighted by Gasteiger charge is -2.08. The summed E-state index contributed by atoms with van der Waals surface area (Å²) >= 11 is 5.96. The molecule has 0 aliphatic rings. The summed E-state index contributed by atoms with van der Waals surface area (Å²) < 4.78 is 4.94. The summed E-state index contributed by atoms with van der Waals surface area (Å²) in [5.74, 6) is -2.89. The fourth-order valence-electron chi connectivity index (χ4n) is 2.11. The van der Waals surface area contributed by atoms with Crippen LogP contribution in [0, 0.1) is 0 Å². The molecular formula is C19H17ClN3O5-. The molecule has 0 saturated carbocycles. The minimum Gasteiger partial charge on any atom is -0.546 e. The number of ether oxygens (including phenoxy) is 1. The van der Waals surface area contributed by atoms with Crippen LogP contribution in [0.5, 0.6) is 5.75 Å². The number of hydrazone groups is 1. The molecule has 0 bridgehead atoms. The van der Waals surface area contributed by atoms with E-state index in [0.717, 1.165) is 5.56 Å². The number of amides is 2. The van der Waals surface area contributed by atoms with Crippen LogP contribution in [0.3, 0.4) is 0 Å². The molecule has 0 aliphatic carbocycles. The van der Waals surface area contributed by atoms with Crippen LogP contribution >= 0.6 is 11.6 Å². The highest BCUT2D eigenvalue weighted by Crippen LogP contribution is 2.24. The van der Waals surface area contributed by atoms with Crippen LogP contribution in [0.2, 0.25) is 5.02 Å². The molecule has 9 heteroatoms. The highest BCUT2D eigenvalue weighted by Gasteiger charge is 2.11. The Bertz CT molecular complexity index is 871. The van der Waals surface area contributed by atoms with Gasteiger partial charge in [0.05, 0.1) is 17.2 Å². The molecule has 0 heterocycles. The number of nitrogens with one attached hydrogen (secondary N) is 2. The molecule has 146 valence electrons. The van der Waals surface area contributed by atoms with Gasteiger partial charge in [-0.05, 0) is 35.7 Å². The Hall–Kier alpha value is -3.39. The fraction of sp³-hybridized carbons (Fsp3) is 0.158. The summed E-state index contributed by atoms with van der Waals surface area (Å²) in [6.07, 6.45) is 1.89. The number of carboxylic acids is 1. The van der Waals surface area contributed by atoms with Crippen LogP contribution in [-0.2, 0) is 20.8 Å². The number of carboxylic acid groups (broad SMARTS) is 1. The van der Waals surface area contributed by atoms with Gasteiger partial charge in [-0.15, -0.1) is 0 Å². The Kier molecular flexibility index (Phi) is 7.98. The van der Waals surface area contributed by atoms with Gasteiger partial charge >= 0.3 is 11.8 Å². The second kappa shape index (κ2) is 10.7. The van der Waals surface area contributed by atoms with Crippen LogP contribution in [-0.4, -0.2) is 37.1 Å². The first-order valence-corrected chi connectivity index (χ1v) is 8.61. The van der Waals surface area contributed by atoms with E-state index in [2.05, 4.69) is 15.8 Å². The summed E-state index contributed by atoms with van der Waals surface area (Å²) in [6.45, 7) is -0.300. The molecule has 0 saturated heterocycles. The van der Waals surface area contributed by atoms with E-state index in [4.69, 9.17) is 16.3 Å². The van der Waals surface area contributed by atoms with Gasteiger partial charge in [0, 0.05) is 6.54 Å². The smallest absolute Gasteiger partial charge is 0.329 e. The SMILES string of the molecule is O=C([O-])COc1ccc(/C=N\NC(=O)C(=O)NCCc2ccccc2)cc1Cl. The van der Waals surface area contributed by atoms with Gasteiger partial charge in [-0.25, -0.2) is 5.43 Å². The van der Waals surface area contributed by atoms with Gasteiger partial charge in [0.25, 0.3) is 0 Å². The number of benzene rings is 2. The van der Waals surface area contributed by atoms with E-state index in [1.165, 1.54) is 18.3 Å². The third kappa shape index (κ3) is 7.08. The molecule has 0 radical (unpaired) electrons. The van der Waals surface area contributed by atoms with Crippen LogP contribution in [0.1, 0.15) is 11.1 Å². The highest BCUT2D eigenvalue weighted by atomic mass is 35.5. The van der Waals surface area contributed by atoms with Gasteiger partial charge in [-0.2, -0.15) is 5.10 Å². The van der Waals surface area contributed by atoms with Crippen molar-refractivity contribution in [3.63, 3.8) is 0 Å². The fourth-order valence-corrected chi connectivity index (χ4v) is 2.36. The monoisotopic (exact) mass is 402 g/mol. The minimum atomic E-state index is -1.37. The van der Waals surface area contributed by atoms with Crippen molar-refractivity contribution in [3.05, 3.63) is 64.7 Å². The second-order valence-corrected chi connectivity index (χ2v) is 5.95. The number of carbonyl (C=O) groups excluding carboxylic acids is 3. The van der Waals surface area contributed by atoms with Gasteiger partial charge in [0.1, 0.15) is 12.4 Å². The van der Waals surface area contributed by atoms with Gasteiger partial charge in [-0.1, -0.05) is 41.9 Å². The molecule has 8 nitrogen and oxygen atoms in total. The number of rotatable bonds is 8. The maximum absolute atomic E-state index is 11.7. The van der Waals surface area contributed by atoms with E-state index >= 15 is 0 Å². The van der Waals surface area contributed by atoms with Gasteiger partial charge < -0.3 is 20.0 Å². The highest BCUT2D eigenvalue weighted by molar-refractivity contribution is 6.35. The van der Waals surface area contributed by atoms with Gasteiger partial charge in [0.15, 0.2) is 0 Å². The first-order chi connectivity index (χ1) is 13.5. The molecule has 2 amide bonds. The molecule has 0 aromatic heterocycles. The quantitative estimate of drug-likeness (QED) is 0.373. The molecular weight excluding hydrogens is 386 g/mol. The van der Waals surface area contributed by atoms with E-state index in [1.807, 2.05) is 30.3 Å². The third-order valence-electron chi connectivity index (χ3n) is 3.43. The molecule has 2 aromatic carbocycles. The molecule has 0 unspecified atom stereocenters. The Morgan fingerprint density at radius 3 is 2.54 bits per heavy atom. The maximum Gasteiger partial charge on any atom is 0.329 e. The van der Waals surface area contributed by atoms with Crippen molar-refractivity contribution in [2.24, 2.45) is 5.10 Å². The third-order valence-corrected chi connectivity index (χ3v) is 3.72. The van der Waals surface area contributed by atoms with E-state index in [-0.39, 0.29) is 10.8 Å². The molecule has 2 N–H and O–H groups in total. The van der Waals surface area contributed by atoms with Gasteiger partial charge in [0.2, 0.25) is 0 Å². The normalized spacial score (nSPS) is 10.5. The van der Waals surface area contributed by atoms with Crippen molar-refractivity contribution < 1.29 is 24.2 Å². The van der Waals surface area contributed by atoms with E-state index in [1.54, 1.807) is 6.07 Å². The molecule has 0 atom stereocenters. The minimum absolute atomic E-state index is 0.162. The topological polar surface area (TPSA) is 120 Å². The Morgan fingerprint density at radius 2 is 1.86 bits per heavy atom. The van der Waals surface area contributed by atoms with Crippen LogP contribution < -0.4 is 20.6 Å². The van der Waals surface area contributed by atoms with Crippen molar-refractivity contribution in [1.82, 2.24) is 10.7 Å². The Balaban J connectivity index is 1.78. The molecule has 2 aromatic rings. The maximum atomic E-state index is 11.7. The van der Waals surface area contributed by atoms with Crippen LogP contribution in [0.4, 0.5) is 0 Å². The molecule has 28 heavy (non-hydrogen) atoms. The van der Waals surface area contributed by atoms with Crippen molar-refractivity contribution in [1.29, 1.82) is 0 Å². The molecule has 0 fully saturated rings. The molecule has 2 rings (SSSR count). The number of aliphatic carboxylic acids is 1. The Morgan fingerprint density at radius 1 is 1.11 bits per heavy atom. The number of hydrogen-bond acceptors (Lipinski definition) is 6.